The maximum atomic E-state index is 12.1. The van der Waals surface area contributed by atoms with Gasteiger partial charge in [0, 0.05) is 5.02 Å². The number of hydrogen-bond acceptors (Lipinski definition) is 4. The molecule has 1 aliphatic rings. The smallest absolute Gasteiger partial charge is 0.337 e. The molecule has 0 spiro atoms. The summed E-state index contributed by atoms with van der Waals surface area (Å²) in [6, 6.07) is 12.0. The highest BCUT2D eigenvalue weighted by atomic mass is 35.5. The van der Waals surface area contributed by atoms with E-state index in [4.69, 9.17) is 11.6 Å². The zero-order chi connectivity index (χ0) is 18.0. The van der Waals surface area contributed by atoms with Gasteiger partial charge >= 0.3 is 5.97 Å². The third-order valence-electron chi connectivity index (χ3n) is 3.40. The first kappa shape index (κ1) is 17.3. The predicted molar refractivity (Wildman–Crippen MR) is 100 cm³/mol. The molecule has 25 heavy (non-hydrogen) atoms. The number of carbonyl (C=O) groups is 2. The van der Waals surface area contributed by atoms with Crippen molar-refractivity contribution >= 4 is 52.2 Å². The average molecular weight is 373 g/mol. The highest BCUT2D eigenvalue weighted by molar-refractivity contribution is 8.18. The highest BCUT2D eigenvalue weighted by Crippen LogP contribution is 2.30. The van der Waals surface area contributed by atoms with Crippen LogP contribution in [-0.4, -0.2) is 22.2 Å². The van der Waals surface area contributed by atoms with Crippen LogP contribution >= 0.6 is 23.4 Å². The Morgan fingerprint density at radius 2 is 2.08 bits per heavy atom. The van der Waals surface area contributed by atoms with Crippen molar-refractivity contribution in [2.45, 2.75) is 6.92 Å². The van der Waals surface area contributed by atoms with Gasteiger partial charge in [-0.1, -0.05) is 29.8 Å². The minimum atomic E-state index is -1.07. The molecule has 1 saturated heterocycles. The number of carboxylic acids is 1. The SMILES string of the molecule is Cc1ccc(C(=O)O)c(N=C2NC(=O)/C(=C/c3cccc(Cl)c3)S2)c1. The van der Waals surface area contributed by atoms with Crippen LogP contribution in [0.25, 0.3) is 6.08 Å². The van der Waals surface area contributed by atoms with Gasteiger partial charge in [-0.25, -0.2) is 9.79 Å². The largest absolute Gasteiger partial charge is 0.478 e. The number of carbonyl (C=O) groups excluding carboxylic acids is 1. The number of nitrogens with one attached hydrogen (secondary N) is 1. The Morgan fingerprint density at radius 1 is 1.28 bits per heavy atom. The second-order valence-corrected chi connectivity index (χ2v) is 6.83. The molecule has 126 valence electrons. The average Bonchev–Trinajstić information content (AvgIpc) is 2.86. The van der Waals surface area contributed by atoms with E-state index in [2.05, 4.69) is 10.3 Å². The van der Waals surface area contributed by atoms with Gasteiger partial charge in [-0.15, -0.1) is 0 Å². The highest BCUT2D eigenvalue weighted by Gasteiger charge is 2.24. The number of hydrogen-bond donors (Lipinski definition) is 2. The maximum Gasteiger partial charge on any atom is 0.337 e. The summed E-state index contributed by atoms with van der Waals surface area (Å²) in [6.45, 7) is 1.85. The summed E-state index contributed by atoms with van der Waals surface area (Å²) < 4.78 is 0. The Hall–Kier alpha value is -2.57. The van der Waals surface area contributed by atoms with Gasteiger partial charge in [0.25, 0.3) is 5.91 Å². The van der Waals surface area contributed by atoms with Crippen LogP contribution in [0.15, 0.2) is 52.4 Å². The first-order chi connectivity index (χ1) is 11.9. The Bertz CT molecular complexity index is 938. The number of aliphatic imine (C=N–C) groups is 1. The van der Waals surface area contributed by atoms with Crippen molar-refractivity contribution in [2.24, 2.45) is 4.99 Å². The number of aromatic carboxylic acids is 1. The fourth-order valence-electron chi connectivity index (χ4n) is 2.25. The summed E-state index contributed by atoms with van der Waals surface area (Å²) in [7, 11) is 0. The van der Waals surface area contributed by atoms with Gasteiger partial charge in [-0.3, -0.25) is 4.79 Å². The molecule has 2 aromatic rings. The van der Waals surface area contributed by atoms with Crippen LogP contribution in [0, 0.1) is 6.92 Å². The zero-order valence-electron chi connectivity index (χ0n) is 13.1. The van der Waals surface area contributed by atoms with Gasteiger partial charge in [0.2, 0.25) is 0 Å². The minimum Gasteiger partial charge on any atom is -0.478 e. The van der Waals surface area contributed by atoms with E-state index in [9.17, 15) is 14.7 Å². The summed E-state index contributed by atoms with van der Waals surface area (Å²) in [5.74, 6) is -1.35. The molecule has 0 saturated carbocycles. The van der Waals surface area contributed by atoms with Crippen LogP contribution in [0.3, 0.4) is 0 Å². The Morgan fingerprint density at radius 3 is 2.80 bits per heavy atom. The molecule has 0 radical (unpaired) electrons. The van der Waals surface area contributed by atoms with Crippen LogP contribution < -0.4 is 5.32 Å². The quantitative estimate of drug-likeness (QED) is 0.790. The van der Waals surface area contributed by atoms with Gasteiger partial charge in [0.05, 0.1) is 16.2 Å². The summed E-state index contributed by atoms with van der Waals surface area (Å²) in [5, 5.41) is 12.8. The van der Waals surface area contributed by atoms with Crippen molar-refractivity contribution < 1.29 is 14.7 Å². The maximum absolute atomic E-state index is 12.1. The molecular weight excluding hydrogens is 360 g/mol. The Balaban J connectivity index is 1.92. The van der Waals surface area contributed by atoms with Crippen LogP contribution in [0.2, 0.25) is 5.02 Å². The zero-order valence-corrected chi connectivity index (χ0v) is 14.7. The molecular formula is C18H13ClN2O3S. The number of benzene rings is 2. The second-order valence-electron chi connectivity index (χ2n) is 5.36. The lowest BCUT2D eigenvalue weighted by Crippen LogP contribution is -2.19. The van der Waals surface area contributed by atoms with Crippen molar-refractivity contribution in [3.8, 4) is 0 Å². The summed E-state index contributed by atoms with van der Waals surface area (Å²) >= 11 is 7.10. The molecule has 0 aliphatic carbocycles. The molecule has 0 atom stereocenters. The number of thioether (sulfide) groups is 1. The third kappa shape index (κ3) is 4.10. The number of rotatable bonds is 3. The lowest BCUT2D eigenvalue weighted by molar-refractivity contribution is -0.115. The summed E-state index contributed by atoms with van der Waals surface area (Å²) in [4.78, 5) is 28.2. The molecule has 1 amide bonds. The normalized spacial score (nSPS) is 17.1. The Labute approximate surface area is 153 Å². The molecule has 2 N–H and O–H groups in total. The third-order valence-corrected chi connectivity index (χ3v) is 4.55. The topological polar surface area (TPSA) is 78.8 Å². The molecule has 3 rings (SSSR count). The minimum absolute atomic E-state index is 0.0835. The van der Waals surface area contributed by atoms with E-state index in [0.29, 0.717) is 20.8 Å². The van der Waals surface area contributed by atoms with E-state index in [0.717, 1.165) is 22.9 Å². The number of amides is 1. The van der Waals surface area contributed by atoms with Crippen molar-refractivity contribution in [1.82, 2.24) is 5.32 Å². The summed E-state index contributed by atoms with van der Waals surface area (Å²) in [6.07, 6.45) is 1.71. The monoisotopic (exact) mass is 372 g/mol. The molecule has 5 nitrogen and oxygen atoms in total. The first-order valence-corrected chi connectivity index (χ1v) is 8.51. The lowest BCUT2D eigenvalue weighted by Gasteiger charge is -2.03. The Kier molecular flexibility index (Phi) is 4.92. The van der Waals surface area contributed by atoms with Crippen molar-refractivity contribution in [3.63, 3.8) is 0 Å². The molecule has 7 heteroatoms. The van der Waals surface area contributed by atoms with E-state index < -0.39 is 5.97 Å². The first-order valence-electron chi connectivity index (χ1n) is 7.31. The van der Waals surface area contributed by atoms with Crippen LogP contribution in [-0.2, 0) is 4.79 Å². The van der Waals surface area contributed by atoms with Gasteiger partial charge in [-0.05, 0) is 60.2 Å². The fourth-order valence-corrected chi connectivity index (χ4v) is 3.29. The predicted octanol–water partition coefficient (Wildman–Crippen LogP) is 4.24. The van der Waals surface area contributed by atoms with Gasteiger partial charge < -0.3 is 10.4 Å². The van der Waals surface area contributed by atoms with Crippen molar-refractivity contribution in [2.75, 3.05) is 0 Å². The van der Waals surface area contributed by atoms with E-state index in [-0.39, 0.29) is 11.5 Å². The molecule has 2 aromatic carbocycles. The van der Waals surface area contributed by atoms with E-state index in [1.54, 1.807) is 36.4 Å². The van der Waals surface area contributed by atoms with E-state index >= 15 is 0 Å². The standard InChI is InChI=1S/C18H13ClN2O3S/c1-10-5-6-13(17(23)24)14(7-10)20-18-21-16(22)15(25-18)9-11-3-2-4-12(19)8-11/h2-9H,1H3,(H,23,24)(H,20,21,22)/b15-9-. The van der Waals surface area contributed by atoms with Crippen LogP contribution in [0.4, 0.5) is 5.69 Å². The molecule has 1 aliphatic heterocycles. The molecule has 0 bridgehead atoms. The number of amidine groups is 1. The van der Waals surface area contributed by atoms with Crippen LogP contribution in [0.5, 0.6) is 0 Å². The molecule has 1 fully saturated rings. The molecule has 0 unspecified atom stereocenters. The lowest BCUT2D eigenvalue weighted by atomic mass is 10.1. The van der Waals surface area contributed by atoms with Crippen molar-refractivity contribution in [1.29, 1.82) is 0 Å². The number of aryl methyl sites for hydroxylation is 1. The second kappa shape index (κ2) is 7.13. The fraction of sp³-hybridized carbons (Fsp3) is 0.0556. The number of halogens is 1. The molecule has 0 aromatic heterocycles. The van der Waals surface area contributed by atoms with E-state index in [1.165, 1.54) is 6.07 Å². The van der Waals surface area contributed by atoms with Crippen LogP contribution in [0.1, 0.15) is 21.5 Å². The number of nitrogens with zero attached hydrogens (tertiary/aromatic N) is 1. The van der Waals surface area contributed by atoms with Gasteiger partial charge in [0.1, 0.15) is 0 Å². The van der Waals surface area contributed by atoms with Crippen molar-refractivity contribution in [3.05, 3.63) is 69.1 Å². The number of carboxylic acid groups (broad SMARTS) is 1. The van der Waals surface area contributed by atoms with Gasteiger partial charge in [0.15, 0.2) is 5.17 Å². The van der Waals surface area contributed by atoms with Gasteiger partial charge in [-0.2, -0.15) is 0 Å². The summed E-state index contributed by atoms with van der Waals surface area (Å²) in [5.41, 5.74) is 2.07. The molecule has 1 heterocycles. The van der Waals surface area contributed by atoms with E-state index in [1.807, 2.05) is 13.0 Å².